The Morgan fingerprint density at radius 1 is 1.00 bits per heavy atom. The van der Waals surface area contributed by atoms with E-state index in [4.69, 9.17) is 14.2 Å². The average Bonchev–Trinajstić information content (AvgIpc) is 2.91. The van der Waals surface area contributed by atoms with Gasteiger partial charge in [0.05, 0.1) is 23.2 Å². The molecule has 194 valence electrons. The zero-order valence-electron chi connectivity index (χ0n) is 20.6. The zero-order chi connectivity index (χ0) is 26.4. The van der Waals surface area contributed by atoms with Gasteiger partial charge in [-0.3, -0.25) is 4.98 Å². The monoisotopic (exact) mass is 571 g/mol. The Balaban J connectivity index is 1.55. The summed E-state index contributed by atoms with van der Waals surface area (Å²) in [6, 6.07) is 7.72. The van der Waals surface area contributed by atoms with Crippen molar-refractivity contribution in [1.82, 2.24) is 9.97 Å². The van der Waals surface area contributed by atoms with Crippen LogP contribution in [0.25, 0.3) is 11.1 Å². The summed E-state index contributed by atoms with van der Waals surface area (Å²) in [5, 5.41) is 0. The second-order valence-corrected chi connectivity index (χ2v) is 9.23. The second kappa shape index (κ2) is 12.1. The molecule has 0 saturated carbocycles. The summed E-state index contributed by atoms with van der Waals surface area (Å²) >= 11 is 3.40. The van der Waals surface area contributed by atoms with Crippen molar-refractivity contribution < 1.29 is 28.2 Å². The van der Waals surface area contributed by atoms with E-state index in [1.54, 1.807) is 44.4 Å². The SMILES string of the molecule is CCOC(=O)c1cncc(-c2cnc(N3CCC(Oc4cc(F)ccc4Br)CC3)c(C(=O)OCC)c2)c1. The van der Waals surface area contributed by atoms with Gasteiger partial charge in [0.1, 0.15) is 29.1 Å². The first-order valence-corrected chi connectivity index (χ1v) is 12.8. The quantitative estimate of drug-likeness (QED) is 0.330. The Bertz CT molecular complexity index is 1280. The van der Waals surface area contributed by atoms with Gasteiger partial charge in [-0.15, -0.1) is 0 Å². The van der Waals surface area contributed by atoms with Crippen LogP contribution >= 0.6 is 15.9 Å². The van der Waals surface area contributed by atoms with E-state index in [9.17, 15) is 14.0 Å². The number of aromatic nitrogens is 2. The molecule has 0 atom stereocenters. The lowest BCUT2D eigenvalue weighted by Crippen LogP contribution is -2.39. The summed E-state index contributed by atoms with van der Waals surface area (Å²) in [5.41, 5.74) is 1.89. The molecular weight excluding hydrogens is 545 g/mol. The standard InChI is InChI=1S/C27H27BrFN3O5/c1-3-35-26(33)19-11-17(14-30-15-19)18-12-22(27(34)36-4-2)25(31-16-18)32-9-7-21(8-10-32)37-24-13-20(29)5-6-23(24)28/h5-6,11-16,21H,3-4,7-10H2,1-2H3. The van der Waals surface area contributed by atoms with E-state index in [0.29, 0.717) is 64.2 Å². The fraction of sp³-hybridized carbons (Fsp3) is 0.333. The minimum Gasteiger partial charge on any atom is -0.489 e. The van der Waals surface area contributed by atoms with Gasteiger partial charge in [0.25, 0.3) is 0 Å². The molecule has 0 spiro atoms. The van der Waals surface area contributed by atoms with E-state index in [1.807, 2.05) is 4.90 Å². The van der Waals surface area contributed by atoms with E-state index in [1.165, 1.54) is 18.3 Å². The van der Waals surface area contributed by atoms with Crippen LogP contribution in [-0.4, -0.2) is 54.3 Å². The van der Waals surface area contributed by atoms with Crippen LogP contribution in [0.4, 0.5) is 10.2 Å². The van der Waals surface area contributed by atoms with Gasteiger partial charge in [0, 0.05) is 61.7 Å². The minimum atomic E-state index is -0.483. The predicted molar refractivity (Wildman–Crippen MR) is 139 cm³/mol. The molecule has 0 N–H and O–H groups in total. The second-order valence-electron chi connectivity index (χ2n) is 8.38. The van der Waals surface area contributed by atoms with Crippen LogP contribution in [0.15, 0.2) is 53.4 Å². The maximum atomic E-state index is 13.6. The molecule has 0 bridgehead atoms. The molecule has 1 aliphatic heterocycles. The number of nitrogens with zero attached hydrogens (tertiary/aromatic N) is 3. The molecule has 4 rings (SSSR count). The maximum Gasteiger partial charge on any atom is 0.341 e. The lowest BCUT2D eigenvalue weighted by Gasteiger charge is -2.34. The van der Waals surface area contributed by atoms with Gasteiger partial charge in [-0.1, -0.05) is 0 Å². The molecule has 8 nitrogen and oxygen atoms in total. The van der Waals surface area contributed by atoms with Crippen LogP contribution in [0.3, 0.4) is 0 Å². The van der Waals surface area contributed by atoms with Gasteiger partial charge in [-0.05, 0) is 54.0 Å². The van der Waals surface area contributed by atoms with Crippen molar-refractivity contribution >= 4 is 33.7 Å². The van der Waals surface area contributed by atoms with Gasteiger partial charge in [-0.2, -0.15) is 0 Å². The maximum absolute atomic E-state index is 13.6. The first-order chi connectivity index (χ1) is 17.9. The van der Waals surface area contributed by atoms with Crippen LogP contribution < -0.4 is 9.64 Å². The summed E-state index contributed by atoms with van der Waals surface area (Å²) < 4.78 is 30.7. The largest absolute Gasteiger partial charge is 0.489 e. The molecule has 0 radical (unpaired) electrons. The first-order valence-electron chi connectivity index (χ1n) is 12.1. The highest BCUT2D eigenvalue weighted by atomic mass is 79.9. The lowest BCUT2D eigenvalue weighted by molar-refractivity contribution is 0.0516. The van der Waals surface area contributed by atoms with Gasteiger partial charge in [-0.25, -0.2) is 19.0 Å². The Morgan fingerprint density at radius 3 is 2.43 bits per heavy atom. The van der Waals surface area contributed by atoms with Crippen LogP contribution in [0, 0.1) is 5.82 Å². The normalized spacial score (nSPS) is 13.8. The number of anilines is 1. The fourth-order valence-electron chi connectivity index (χ4n) is 4.08. The molecule has 1 saturated heterocycles. The zero-order valence-corrected chi connectivity index (χ0v) is 22.2. The average molecular weight is 572 g/mol. The van der Waals surface area contributed by atoms with Crippen LogP contribution in [0.5, 0.6) is 5.75 Å². The number of esters is 2. The number of pyridine rings is 2. The van der Waals surface area contributed by atoms with Crippen molar-refractivity contribution in [2.45, 2.75) is 32.8 Å². The smallest absolute Gasteiger partial charge is 0.341 e. The molecule has 37 heavy (non-hydrogen) atoms. The van der Waals surface area contributed by atoms with Crippen molar-refractivity contribution in [3.8, 4) is 16.9 Å². The first kappa shape index (κ1) is 26.5. The van der Waals surface area contributed by atoms with Crippen LogP contribution in [0.1, 0.15) is 47.4 Å². The molecule has 3 aromatic rings. The Labute approximate surface area is 222 Å². The summed E-state index contributed by atoms with van der Waals surface area (Å²) in [4.78, 5) is 35.8. The molecule has 1 aromatic carbocycles. The number of hydrogen-bond acceptors (Lipinski definition) is 8. The summed E-state index contributed by atoms with van der Waals surface area (Å²) in [7, 11) is 0. The van der Waals surface area contributed by atoms with Crippen molar-refractivity contribution in [3.63, 3.8) is 0 Å². The molecule has 1 aliphatic rings. The van der Waals surface area contributed by atoms with E-state index in [0.717, 1.165) is 0 Å². The number of hydrogen-bond donors (Lipinski definition) is 0. The number of halogens is 2. The Morgan fingerprint density at radius 2 is 1.70 bits per heavy atom. The molecule has 0 unspecified atom stereocenters. The lowest BCUT2D eigenvalue weighted by atomic mass is 10.0. The highest BCUT2D eigenvalue weighted by molar-refractivity contribution is 9.10. The van der Waals surface area contributed by atoms with Gasteiger partial charge in [0.15, 0.2) is 0 Å². The highest BCUT2D eigenvalue weighted by Gasteiger charge is 2.26. The summed E-state index contributed by atoms with van der Waals surface area (Å²) in [6.07, 6.45) is 5.92. The van der Waals surface area contributed by atoms with E-state index in [2.05, 4.69) is 25.9 Å². The highest BCUT2D eigenvalue weighted by Crippen LogP contribution is 2.31. The summed E-state index contributed by atoms with van der Waals surface area (Å²) in [6.45, 7) is 5.15. The minimum absolute atomic E-state index is 0.101. The van der Waals surface area contributed by atoms with Gasteiger partial charge < -0.3 is 19.1 Å². The number of piperidine rings is 1. The molecular formula is C27H27BrFN3O5. The predicted octanol–water partition coefficient (Wildman–Crippen LogP) is 5.45. The van der Waals surface area contributed by atoms with E-state index in [-0.39, 0.29) is 25.1 Å². The van der Waals surface area contributed by atoms with Crippen molar-refractivity contribution in [2.24, 2.45) is 0 Å². The molecule has 1 fully saturated rings. The van der Waals surface area contributed by atoms with Gasteiger partial charge >= 0.3 is 11.9 Å². The topological polar surface area (TPSA) is 90.9 Å². The molecule has 2 aromatic heterocycles. The van der Waals surface area contributed by atoms with Crippen molar-refractivity contribution in [1.29, 1.82) is 0 Å². The van der Waals surface area contributed by atoms with Crippen molar-refractivity contribution in [3.05, 3.63) is 70.3 Å². The van der Waals surface area contributed by atoms with E-state index < -0.39 is 11.9 Å². The van der Waals surface area contributed by atoms with Crippen molar-refractivity contribution in [2.75, 3.05) is 31.2 Å². The number of ether oxygens (including phenoxy) is 3. The number of rotatable bonds is 8. The third-order valence-corrected chi connectivity index (χ3v) is 6.53. The summed E-state index contributed by atoms with van der Waals surface area (Å²) in [5.74, 6) is -0.332. The molecule has 0 amide bonds. The number of carbonyl (C=O) groups excluding carboxylic acids is 2. The Kier molecular flexibility index (Phi) is 8.70. The number of benzene rings is 1. The third-order valence-electron chi connectivity index (χ3n) is 5.87. The van der Waals surface area contributed by atoms with Crippen LogP contribution in [0.2, 0.25) is 0 Å². The number of carbonyl (C=O) groups is 2. The van der Waals surface area contributed by atoms with Gasteiger partial charge in [0.2, 0.25) is 0 Å². The molecule has 0 aliphatic carbocycles. The fourth-order valence-corrected chi connectivity index (χ4v) is 4.42. The Hall–Kier alpha value is -3.53. The van der Waals surface area contributed by atoms with Crippen LogP contribution in [-0.2, 0) is 9.47 Å². The molecule has 10 heteroatoms. The molecule has 3 heterocycles. The third kappa shape index (κ3) is 6.43. The van der Waals surface area contributed by atoms with E-state index >= 15 is 0 Å².